The summed E-state index contributed by atoms with van der Waals surface area (Å²) < 4.78 is 15.7. The van der Waals surface area contributed by atoms with Crippen molar-refractivity contribution >= 4 is 23.8 Å². The molecule has 132 valence electrons. The van der Waals surface area contributed by atoms with Crippen molar-refractivity contribution in [2.24, 2.45) is 5.92 Å². The maximum atomic E-state index is 12.5. The standard InChI is InChI=1S/C16H16N2O7/c1-17-13(19)10(14(20)18(2)16(17)22)11-7-5-6-8(23-3)12(24-4)9(7)15(21)25-11/h5-6,10-11H,1-4H3/t11-/m1/s1. The lowest BCUT2D eigenvalue weighted by Gasteiger charge is -2.34. The molecule has 2 heterocycles. The lowest BCUT2D eigenvalue weighted by atomic mass is 9.90. The predicted octanol–water partition coefficient (Wildman–Crippen LogP) is 0.582. The summed E-state index contributed by atoms with van der Waals surface area (Å²) >= 11 is 0. The van der Waals surface area contributed by atoms with Gasteiger partial charge in [-0.2, -0.15) is 0 Å². The van der Waals surface area contributed by atoms with Gasteiger partial charge in [-0.15, -0.1) is 0 Å². The first kappa shape index (κ1) is 16.7. The molecule has 1 aromatic carbocycles. The SMILES string of the molecule is COc1ccc2c(c1OC)C(=O)O[C@H]2C1C(=O)N(C)C(=O)N(C)C1=O. The molecule has 1 aromatic rings. The van der Waals surface area contributed by atoms with Crippen LogP contribution in [0.15, 0.2) is 12.1 Å². The first-order valence-electron chi connectivity index (χ1n) is 7.38. The third-order valence-corrected chi connectivity index (χ3v) is 4.39. The van der Waals surface area contributed by atoms with Crippen LogP contribution < -0.4 is 9.47 Å². The number of amides is 4. The van der Waals surface area contributed by atoms with Crippen molar-refractivity contribution in [3.8, 4) is 11.5 Å². The highest BCUT2D eigenvalue weighted by Crippen LogP contribution is 2.45. The third-order valence-electron chi connectivity index (χ3n) is 4.39. The van der Waals surface area contributed by atoms with E-state index in [4.69, 9.17) is 14.2 Å². The van der Waals surface area contributed by atoms with E-state index < -0.39 is 35.8 Å². The molecular formula is C16H16N2O7. The molecule has 0 aromatic heterocycles. The minimum atomic E-state index is -1.34. The Morgan fingerprint density at radius 3 is 2.08 bits per heavy atom. The van der Waals surface area contributed by atoms with Crippen molar-refractivity contribution in [3.05, 3.63) is 23.3 Å². The van der Waals surface area contributed by atoms with Gasteiger partial charge < -0.3 is 14.2 Å². The van der Waals surface area contributed by atoms with Gasteiger partial charge in [0, 0.05) is 19.7 Å². The second-order valence-corrected chi connectivity index (χ2v) is 5.65. The molecule has 0 radical (unpaired) electrons. The first-order chi connectivity index (χ1) is 11.8. The van der Waals surface area contributed by atoms with Gasteiger partial charge in [0.1, 0.15) is 11.7 Å². The van der Waals surface area contributed by atoms with Crippen LogP contribution in [0.1, 0.15) is 22.0 Å². The molecule has 2 aliphatic rings. The van der Waals surface area contributed by atoms with E-state index in [-0.39, 0.29) is 11.3 Å². The molecular weight excluding hydrogens is 332 g/mol. The number of nitrogens with zero attached hydrogens (tertiary/aromatic N) is 2. The average molecular weight is 348 g/mol. The van der Waals surface area contributed by atoms with E-state index in [1.54, 1.807) is 12.1 Å². The van der Waals surface area contributed by atoms with Gasteiger partial charge in [-0.1, -0.05) is 6.07 Å². The number of carbonyl (C=O) groups is 4. The van der Waals surface area contributed by atoms with E-state index >= 15 is 0 Å². The minimum absolute atomic E-state index is 0.106. The summed E-state index contributed by atoms with van der Waals surface area (Å²) in [4.78, 5) is 50.8. The normalized spacial score (nSPS) is 20.7. The number of imide groups is 2. The summed E-state index contributed by atoms with van der Waals surface area (Å²) in [6.45, 7) is 0. The molecule has 4 amide bonds. The van der Waals surface area contributed by atoms with Crippen LogP contribution in [0.3, 0.4) is 0 Å². The molecule has 0 bridgehead atoms. The molecule has 0 aliphatic carbocycles. The van der Waals surface area contributed by atoms with E-state index in [2.05, 4.69) is 0 Å². The second-order valence-electron chi connectivity index (χ2n) is 5.65. The number of carbonyl (C=O) groups excluding carboxylic acids is 4. The molecule has 9 nitrogen and oxygen atoms in total. The zero-order valence-electron chi connectivity index (χ0n) is 14.1. The van der Waals surface area contributed by atoms with Gasteiger partial charge in [-0.05, 0) is 6.07 Å². The highest BCUT2D eigenvalue weighted by Gasteiger charge is 2.52. The van der Waals surface area contributed by atoms with Crippen molar-refractivity contribution < 1.29 is 33.4 Å². The molecule has 0 N–H and O–H groups in total. The average Bonchev–Trinajstić information content (AvgIpc) is 2.94. The van der Waals surface area contributed by atoms with Gasteiger partial charge in [0.2, 0.25) is 11.8 Å². The Morgan fingerprint density at radius 1 is 0.960 bits per heavy atom. The Labute approximate surface area is 143 Å². The fraction of sp³-hybridized carbons (Fsp3) is 0.375. The van der Waals surface area contributed by atoms with Gasteiger partial charge >= 0.3 is 12.0 Å². The quantitative estimate of drug-likeness (QED) is 0.581. The summed E-state index contributed by atoms with van der Waals surface area (Å²) in [5.74, 6) is -3.03. The maximum Gasteiger partial charge on any atom is 0.343 e. The van der Waals surface area contributed by atoms with E-state index in [1.807, 2.05) is 0 Å². The molecule has 3 rings (SSSR count). The van der Waals surface area contributed by atoms with Gasteiger partial charge in [-0.25, -0.2) is 9.59 Å². The van der Waals surface area contributed by atoms with Crippen LogP contribution in [0.5, 0.6) is 11.5 Å². The van der Waals surface area contributed by atoms with Crippen LogP contribution in [0.4, 0.5) is 4.79 Å². The molecule has 9 heteroatoms. The number of benzene rings is 1. The second kappa shape index (κ2) is 5.76. The summed E-state index contributed by atoms with van der Waals surface area (Å²) in [6.07, 6.45) is -1.14. The van der Waals surface area contributed by atoms with E-state index in [1.165, 1.54) is 28.3 Å². The maximum absolute atomic E-state index is 12.5. The zero-order valence-corrected chi connectivity index (χ0v) is 14.1. The van der Waals surface area contributed by atoms with Crippen molar-refractivity contribution in [2.75, 3.05) is 28.3 Å². The first-order valence-corrected chi connectivity index (χ1v) is 7.38. The Kier molecular flexibility index (Phi) is 3.86. The van der Waals surface area contributed by atoms with Crippen molar-refractivity contribution in [1.82, 2.24) is 9.80 Å². The lowest BCUT2D eigenvalue weighted by Crippen LogP contribution is -2.58. The van der Waals surface area contributed by atoms with Crippen molar-refractivity contribution in [1.29, 1.82) is 0 Å². The van der Waals surface area contributed by atoms with Crippen molar-refractivity contribution in [2.45, 2.75) is 6.10 Å². The minimum Gasteiger partial charge on any atom is -0.493 e. The topological polar surface area (TPSA) is 102 Å². The Bertz CT molecular complexity index is 780. The molecule has 25 heavy (non-hydrogen) atoms. The Balaban J connectivity index is 2.10. The number of barbiturate groups is 1. The number of fused-ring (bicyclic) bond motifs is 1. The summed E-state index contributed by atoms with van der Waals surface area (Å²) in [5.41, 5.74) is 0.445. The number of rotatable bonds is 3. The van der Waals surface area contributed by atoms with Crippen molar-refractivity contribution in [3.63, 3.8) is 0 Å². The van der Waals surface area contributed by atoms with E-state index in [0.29, 0.717) is 11.3 Å². The fourth-order valence-corrected chi connectivity index (χ4v) is 3.07. The predicted molar refractivity (Wildman–Crippen MR) is 82.1 cm³/mol. The summed E-state index contributed by atoms with van der Waals surface area (Å²) in [6, 6.07) is 2.37. The molecule has 0 unspecified atom stereocenters. The summed E-state index contributed by atoms with van der Waals surface area (Å²) in [5, 5.41) is 0. The lowest BCUT2D eigenvalue weighted by molar-refractivity contribution is -0.152. The van der Waals surface area contributed by atoms with Crippen LogP contribution in [-0.2, 0) is 14.3 Å². The van der Waals surface area contributed by atoms with Crippen LogP contribution in [-0.4, -0.2) is 61.9 Å². The molecule has 1 atom stereocenters. The molecule has 2 aliphatic heterocycles. The largest absolute Gasteiger partial charge is 0.493 e. The molecule has 0 spiro atoms. The zero-order chi connectivity index (χ0) is 18.5. The number of methoxy groups -OCH3 is 2. The fourth-order valence-electron chi connectivity index (χ4n) is 3.07. The Morgan fingerprint density at radius 2 is 1.56 bits per heavy atom. The monoisotopic (exact) mass is 348 g/mol. The number of hydrogen-bond donors (Lipinski definition) is 0. The van der Waals surface area contributed by atoms with Gasteiger partial charge in [0.25, 0.3) is 0 Å². The number of cyclic esters (lactones) is 1. The highest BCUT2D eigenvalue weighted by molar-refractivity contribution is 6.16. The molecule has 1 saturated heterocycles. The van der Waals surface area contributed by atoms with Crippen LogP contribution in [0.25, 0.3) is 0 Å². The summed E-state index contributed by atoms with van der Waals surface area (Å²) in [7, 11) is 5.33. The van der Waals surface area contributed by atoms with Gasteiger partial charge in [-0.3, -0.25) is 19.4 Å². The van der Waals surface area contributed by atoms with E-state index in [0.717, 1.165) is 9.80 Å². The van der Waals surface area contributed by atoms with Crippen LogP contribution in [0.2, 0.25) is 0 Å². The van der Waals surface area contributed by atoms with Gasteiger partial charge in [0.15, 0.2) is 17.4 Å². The molecule has 0 saturated carbocycles. The third kappa shape index (κ3) is 2.23. The number of hydrogen-bond acceptors (Lipinski definition) is 7. The number of urea groups is 1. The Hall–Kier alpha value is -3.10. The van der Waals surface area contributed by atoms with E-state index in [9.17, 15) is 19.2 Å². The highest BCUT2D eigenvalue weighted by atomic mass is 16.6. The number of ether oxygens (including phenoxy) is 3. The smallest absolute Gasteiger partial charge is 0.343 e. The number of esters is 1. The van der Waals surface area contributed by atoms with Crippen LogP contribution in [0, 0.1) is 5.92 Å². The molecule has 1 fully saturated rings. The van der Waals surface area contributed by atoms with Gasteiger partial charge in [0.05, 0.1) is 14.2 Å². The van der Waals surface area contributed by atoms with Crippen LogP contribution >= 0.6 is 0 Å².